The number of imide groups is 1. The highest BCUT2D eigenvalue weighted by molar-refractivity contribution is 6.05. The van der Waals surface area contributed by atoms with Crippen LogP contribution in [0.5, 0.6) is 0 Å². The predicted molar refractivity (Wildman–Crippen MR) is 85.8 cm³/mol. The first-order valence-electron chi connectivity index (χ1n) is 7.52. The maximum Gasteiger partial charge on any atom is 0.269 e. The van der Waals surface area contributed by atoms with Gasteiger partial charge in [0.05, 0.1) is 0 Å². The molecular formula is C17H20N4O2. The molecule has 0 aromatic heterocycles. The number of nitrogens with one attached hydrogen (secondary N) is 1. The molecule has 1 saturated heterocycles. The maximum absolute atomic E-state index is 11.7. The minimum Gasteiger partial charge on any atom is -0.374 e. The molecule has 0 unspecified atom stereocenters. The highest BCUT2D eigenvalue weighted by Crippen LogP contribution is 2.09. The summed E-state index contributed by atoms with van der Waals surface area (Å²) in [5, 5.41) is 11.2. The van der Waals surface area contributed by atoms with Crippen LogP contribution < -0.4 is 5.32 Å². The molecule has 0 radical (unpaired) electrons. The number of carbonyl (C=O) groups excluding carboxylic acids is 2. The Morgan fingerprint density at radius 2 is 1.87 bits per heavy atom. The van der Waals surface area contributed by atoms with Gasteiger partial charge in [-0.1, -0.05) is 30.3 Å². The summed E-state index contributed by atoms with van der Waals surface area (Å²) in [5.74, 6) is -1.12. The van der Waals surface area contributed by atoms with Gasteiger partial charge >= 0.3 is 0 Å². The molecule has 2 amide bonds. The number of piperazine rings is 1. The summed E-state index contributed by atoms with van der Waals surface area (Å²) < 4.78 is 0. The van der Waals surface area contributed by atoms with Gasteiger partial charge in [0.1, 0.15) is 11.6 Å². The fourth-order valence-electron chi connectivity index (χ4n) is 2.44. The topological polar surface area (TPSA) is 76.4 Å². The third kappa shape index (κ3) is 5.24. The van der Waals surface area contributed by atoms with Gasteiger partial charge in [-0.25, -0.2) is 0 Å². The summed E-state index contributed by atoms with van der Waals surface area (Å²) in [5.41, 5.74) is 1.23. The van der Waals surface area contributed by atoms with Crippen molar-refractivity contribution < 1.29 is 9.59 Å². The van der Waals surface area contributed by atoms with Gasteiger partial charge in [0.15, 0.2) is 0 Å². The van der Waals surface area contributed by atoms with E-state index in [9.17, 15) is 9.59 Å². The molecule has 6 heteroatoms. The Kier molecular flexibility index (Phi) is 5.89. The Labute approximate surface area is 136 Å². The average molecular weight is 312 g/mol. The fraction of sp³-hybridized carbons (Fsp3) is 0.353. The first-order valence-corrected chi connectivity index (χ1v) is 7.52. The van der Waals surface area contributed by atoms with Crippen LogP contribution in [0.1, 0.15) is 12.5 Å². The second-order valence-electron chi connectivity index (χ2n) is 5.46. The largest absolute Gasteiger partial charge is 0.374 e. The predicted octanol–water partition coefficient (Wildman–Crippen LogP) is 0.874. The molecule has 0 spiro atoms. The van der Waals surface area contributed by atoms with Crippen LogP contribution in [0.15, 0.2) is 42.1 Å². The van der Waals surface area contributed by atoms with Crippen molar-refractivity contribution in [2.24, 2.45) is 0 Å². The zero-order valence-corrected chi connectivity index (χ0v) is 13.2. The standard InChI is InChI=1S/C17H20N4O2/c1-14(22)19-17(23)16(11-18)13-21-9-7-20(8-10-21)12-15-5-3-2-4-6-15/h2-6,13H,7-10,12H2,1H3,(H,19,22,23). The van der Waals surface area contributed by atoms with Crippen molar-refractivity contribution in [3.63, 3.8) is 0 Å². The molecule has 1 heterocycles. The number of nitriles is 1. The van der Waals surface area contributed by atoms with Gasteiger partial charge in [-0.05, 0) is 5.56 Å². The van der Waals surface area contributed by atoms with Crippen molar-refractivity contribution in [2.75, 3.05) is 26.2 Å². The second-order valence-corrected chi connectivity index (χ2v) is 5.46. The molecule has 120 valence electrons. The number of benzene rings is 1. The Morgan fingerprint density at radius 1 is 1.22 bits per heavy atom. The quantitative estimate of drug-likeness (QED) is 0.659. The lowest BCUT2D eigenvalue weighted by Crippen LogP contribution is -2.44. The molecular weight excluding hydrogens is 292 g/mol. The molecule has 2 rings (SSSR count). The molecule has 0 aliphatic carbocycles. The summed E-state index contributed by atoms with van der Waals surface area (Å²) in [6, 6.07) is 12.1. The fourth-order valence-corrected chi connectivity index (χ4v) is 2.44. The van der Waals surface area contributed by atoms with Crippen molar-refractivity contribution in [1.82, 2.24) is 15.1 Å². The third-order valence-corrected chi connectivity index (χ3v) is 3.62. The molecule has 1 aliphatic rings. The lowest BCUT2D eigenvalue weighted by atomic mass is 10.2. The molecule has 0 atom stereocenters. The summed E-state index contributed by atoms with van der Waals surface area (Å²) in [6.07, 6.45) is 1.54. The van der Waals surface area contributed by atoms with E-state index in [2.05, 4.69) is 22.3 Å². The zero-order valence-electron chi connectivity index (χ0n) is 13.2. The van der Waals surface area contributed by atoms with Crippen LogP contribution in [0.3, 0.4) is 0 Å². The number of carbonyl (C=O) groups is 2. The Morgan fingerprint density at radius 3 is 2.43 bits per heavy atom. The number of nitrogens with zero attached hydrogens (tertiary/aromatic N) is 3. The van der Waals surface area contributed by atoms with Gasteiger partial charge in [0.2, 0.25) is 5.91 Å². The Bertz CT molecular complexity index is 626. The number of hydrogen-bond donors (Lipinski definition) is 1. The SMILES string of the molecule is CC(=O)NC(=O)C(C#N)=CN1CCN(Cc2ccccc2)CC1. The number of amides is 2. The van der Waals surface area contributed by atoms with Crippen molar-refractivity contribution in [1.29, 1.82) is 5.26 Å². The molecule has 1 fully saturated rings. The zero-order chi connectivity index (χ0) is 16.7. The summed E-state index contributed by atoms with van der Waals surface area (Å²) in [6.45, 7) is 5.34. The molecule has 23 heavy (non-hydrogen) atoms. The van der Waals surface area contributed by atoms with E-state index in [-0.39, 0.29) is 5.57 Å². The van der Waals surface area contributed by atoms with Crippen molar-refractivity contribution in [3.8, 4) is 6.07 Å². The molecule has 1 aliphatic heterocycles. The highest BCUT2D eigenvalue weighted by atomic mass is 16.2. The molecule has 1 aromatic carbocycles. The first-order chi connectivity index (χ1) is 11.1. The highest BCUT2D eigenvalue weighted by Gasteiger charge is 2.17. The maximum atomic E-state index is 11.7. The van der Waals surface area contributed by atoms with E-state index >= 15 is 0 Å². The van der Waals surface area contributed by atoms with Gasteiger partial charge in [-0.3, -0.25) is 19.8 Å². The van der Waals surface area contributed by atoms with Crippen LogP contribution in [-0.2, 0) is 16.1 Å². The Balaban J connectivity index is 1.88. The van der Waals surface area contributed by atoms with Gasteiger partial charge < -0.3 is 4.90 Å². The van der Waals surface area contributed by atoms with Gasteiger partial charge in [-0.2, -0.15) is 5.26 Å². The normalized spacial score (nSPS) is 15.8. The van der Waals surface area contributed by atoms with Crippen LogP contribution in [0, 0.1) is 11.3 Å². The van der Waals surface area contributed by atoms with Gasteiger partial charge in [-0.15, -0.1) is 0 Å². The lowest BCUT2D eigenvalue weighted by molar-refractivity contribution is -0.126. The van der Waals surface area contributed by atoms with Crippen LogP contribution in [0.4, 0.5) is 0 Å². The van der Waals surface area contributed by atoms with E-state index in [0.717, 1.165) is 32.7 Å². The second kappa shape index (κ2) is 8.11. The van der Waals surface area contributed by atoms with E-state index in [1.54, 1.807) is 0 Å². The van der Waals surface area contributed by atoms with Crippen molar-refractivity contribution in [3.05, 3.63) is 47.7 Å². The minimum atomic E-state index is -0.647. The average Bonchev–Trinajstić information content (AvgIpc) is 2.54. The van der Waals surface area contributed by atoms with E-state index in [1.165, 1.54) is 18.7 Å². The molecule has 1 N–H and O–H groups in total. The molecule has 0 bridgehead atoms. The van der Waals surface area contributed by atoms with E-state index in [4.69, 9.17) is 5.26 Å². The van der Waals surface area contributed by atoms with Crippen LogP contribution in [-0.4, -0.2) is 47.8 Å². The van der Waals surface area contributed by atoms with E-state index < -0.39 is 11.8 Å². The summed E-state index contributed by atoms with van der Waals surface area (Å²) in [7, 11) is 0. The monoisotopic (exact) mass is 312 g/mol. The van der Waals surface area contributed by atoms with Crippen LogP contribution in [0.2, 0.25) is 0 Å². The van der Waals surface area contributed by atoms with Crippen LogP contribution >= 0.6 is 0 Å². The van der Waals surface area contributed by atoms with Gasteiger partial charge in [0, 0.05) is 45.8 Å². The van der Waals surface area contributed by atoms with Crippen molar-refractivity contribution >= 4 is 11.8 Å². The van der Waals surface area contributed by atoms with E-state index in [1.807, 2.05) is 29.2 Å². The number of hydrogen-bond acceptors (Lipinski definition) is 5. The smallest absolute Gasteiger partial charge is 0.269 e. The van der Waals surface area contributed by atoms with E-state index in [0.29, 0.717) is 0 Å². The lowest BCUT2D eigenvalue weighted by Gasteiger charge is -2.34. The number of rotatable bonds is 4. The Hall–Kier alpha value is -2.65. The molecule has 0 saturated carbocycles. The summed E-state index contributed by atoms with van der Waals surface area (Å²) >= 11 is 0. The van der Waals surface area contributed by atoms with Gasteiger partial charge in [0.25, 0.3) is 5.91 Å². The summed E-state index contributed by atoms with van der Waals surface area (Å²) in [4.78, 5) is 26.9. The third-order valence-electron chi connectivity index (χ3n) is 3.62. The van der Waals surface area contributed by atoms with Crippen molar-refractivity contribution in [2.45, 2.75) is 13.5 Å². The molecule has 6 nitrogen and oxygen atoms in total. The minimum absolute atomic E-state index is 0.0447. The molecule has 1 aromatic rings. The first kappa shape index (κ1) is 16.7. The van der Waals surface area contributed by atoms with Crippen LogP contribution in [0.25, 0.3) is 0 Å².